The Labute approximate surface area is 192 Å². The molecule has 0 amide bonds. The van der Waals surface area contributed by atoms with Gasteiger partial charge in [-0.2, -0.15) is 38.1 Å². The Kier molecular flexibility index (Phi) is 7.62. The van der Waals surface area contributed by atoms with E-state index in [-0.39, 0.29) is 30.3 Å². The maximum atomic E-state index is 13.2. The number of nitrogens with one attached hydrogen (secondary N) is 2. The Bertz CT molecular complexity index is 948. The molecule has 0 aliphatic carbocycles. The molecule has 0 spiro atoms. The topological polar surface area (TPSA) is 42.5 Å². The Morgan fingerprint density at radius 2 is 1.52 bits per heavy atom. The van der Waals surface area contributed by atoms with Gasteiger partial charge in [0.05, 0.1) is 25.3 Å². The van der Waals surface area contributed by atoms with Crippen LogP contribution in [-0.4, -0.2) is 32.3 Å². The van der Waals surface area contributed by atoms with Crippen molar-refractivity contribution in [2.45, 2.75) is 37.4 Å². The number of benzene rings is 2. The van der Waals surface area contributed by atoms with Crippen molar-refractivity contribution in [3.63, 3.8) is 0 Å². The van der Waals surface area contributed by atoms with E-state index in [1.807, 2.05) is 6.26 Å². The van der Waals surface area contributed by atoms with Gasteiger partial charge in [0.1, 0.15) is 0 Å². The first-order chi connectivity index (χ1) is 15.5. The molecule has 4 nitrogen and oxygen atoms in total. The average molecular weight is 495 g/mol. The molecule has 33 heavy (non-hydrogen) atoms. The van der Waals surface area contributed by atoms with E-state index < -0.39 is 23.5 Å². The number of thioether (sulfide) groups is 1. The zero-order valence-electron chi connectivity index (χ0n) is 18.2. The summed E-state index contributed by atoms with van der Waals surface area (Å²) in [5, 5.41) is 6.56. The van der Waals surface area contributed by atoms with Crippen LogP contribution in [-0.2, 0) is 18.9 Å². The molecule has 2 aromatic carbocycles. The van der Waals surface area contributed by atoms with Gasteiger partial charge in [0.2, 0.25) is 0 Å². The average Bonchev–Trinajstić information content (AvgIpc) is 2.75. The molecule has 2 N–H and O–H groups in total. The minimum atomic E-state index is -4.88. The Balaban J connectivity index is 1.93. The third-order valence-electron chi connectivity index (χ3n) is 5.38. The van der Waals surface area contributed by atoms with Crippen LogP contribution in [0.2, 0.25) is 0 Å². The maximum Gasteiger partial charge on any atom is 0.416 e. The van der Waals surface area contributed by atoms with Crippen molar-refractivity contribution in [1.29, 1.82) is 0 Å². The van der Waals surface area contributed by atoms with Gasteiger partial charge in [0, 0.05) is 36.1 Å². The van der Waals surface area contributed by atoms with Gasteiger partial charge in [-0.1, -0.05) is 0 Å². The largest absolute Gasteiger partial charge is 0.493 e. The molecule has 11 heteroatoms. The zero-order chi connectivity index (χ0) is 24.4. The highest BCUT2D eigenvalue weighted by Gasteiger charge is 2.37. The van der Waals surface area contributed by atoms with Gasteiger partial charge >= 0.3 is 12.4 Å². The summed E-state index contributed by atoms with van der Waals surface area (Å²) in [6.07, 6.45) is -7.22. The molecule has 3 rings (SSSR count). The van der Waals surface area contributed by atoms with Gasteiger partial charge in [-0.15, -0.1) is 0 Å². The first-order valence-corrected chi connectivity index (χ1v) is 11.4. The normalized spacial score (nSPS) is 18.5. The van der Waals surface area contributed by atoms with Gasteiger partial charge in [-0.05, 0) is 48.1 Å². The van der Waals surface area contributed by atoms with Crippen molar-refractivity contribution in [2.24, 2.45) is 0 Å². The number of alkyl halides is 6. The molecule has 0 saturated carbocycles. The van der Waals surface area contributed by atoms with Gasteiger partial charge in [-0.3, -0.25) is 0 Å². The second-order valence-corrected chi connectivity index (χ2v) is 8.59. The van der Waals surface area contributed by atoms with E-state index in [0.29, 0.717) is 17.9 Å². The van der Waals surface area contributed by atoms with Crippen LogP contribution < -0.4 is 20.1 Å². The Morgan fingerprint density at radius 1 is 0.939 bits per heavy atom. The molecule has 1 aliphatic rings. The number of hydrogen-bond donors (Lipinski definition) is 2. The molecule has 0 fully saturated rings. The van der Waals surface area contributed by atoms with Crippen LogP contribution in [0.4, 0.5) is 32.0 Å². The lowest BCUT2D eigenvalue weighted by Crippen LogP contribution is -2.36. The van der Waals surface area contributed by atoms with Crippen LogP contribution in [0.25, 0.3) is 0 Å². The standard InChI is InChI=1S/C22H24F6N2O2S/c1-31-19-8-16-17(7-15(11-33-3)30-18(16)9-20(19)32-2)29-10-12-4-13(21(23,24)25)6-14(5-12)22(26,27)28/h4-6,8-9,15,17,29-30H,7,10-11H2,1-3H3/t15-,17-/m0/s1. The highest BCUT2D eigenvalue weighted by atomic mass is 32.2. The summed E-state index contributed by atoms with van der Waals surface area (Å²) in [6.45, 7) is -0.169. The van der Waals surface area contributed by atoms with Crippen molar-refractivity contribution in [3.8, 4) is 11.5 Å². The van der Waals surface area contributed by atoms with Crippen molar-refractivity contribution in [1.82, 2.24) is 5.32 Å². The molecule has 0 bridgehead atoms. The second kappa shape index (κ2) is 9.92. The van der Waals surface area contributed by atoms with Crippen LogP contribution >= 0.6 is 11.8 Å². The monoisotopic (exact) mass is 494 g/mol. The molecule has 0 saturated heterocycles. The number of fused-ring (bicyclic) bond motifs is 1. The predicted octanol–water partition coefficient (Wildman–Crippen LogP) is 6.12. The van der Waals surface area contributed by atoms with E-state index in [2.05, 4.69) is 10.6 Å². The van der Waals surface area contributed by atoms with E-state index in [1.54, 1.807) is 23.9 Å². The molecule has 2 aromatic rings. The predicted molar refractivity (Wildman–Crippen MR) is 116 cm³/mol. The minimum absolute atomic E-state index is 0.0512. The van der Waals surface area contributed by atoms with Crippen molar-refractivity contribution in [2.75, 3.05) is 31.5 Å². The molecule has 0 unspecified atom stereocenters. The summed E-state index contributed by atoms with van der Waals surface area (Å²) >= 11 is 1.63. The van der Waals surface area contributed by atoms with Crippen LogP contribution in [0.3, 0.4) is 0 Å². The molecule has 1 heterocycles. The van der Waals surface area contributed by atoms with Crippen LogP contribution in [0.1, 0.15) is 34.7 Å². The van der Waals surface area contributed by atoms with Crippen LogP contribution in [0.5, 0.6) is 11.5 Å². The summed E-state index contributed by atoms with van der Waals surface area (Å²) in [7, 11) is 2.99. The van der Waals surface area contributed by atoms with E-state index in [0.717, 1.165) is 29.1 Å². The molecular weight excluding hydrogens is 470 g/mol. The quantitative estimate of drug-likeness (QED) is 0.454. The highest BCUT2D eigenvalue weighted by molar-refractivity contribution is 7.98. The van der Waals surface area contributed by atoms with Gasteiger partial charge < -0.3 is 20.1 Å². The third kappa shape index (κ3) is 6.00. The maximum absolute atomic E-state index is 13.2. The number of anilines is 1. The molecule has 1 aliphatic heterocycles. The summed E-state index contributed by atoms with van der Waals surface area (Å²) in [6, 6.07) is 4.91. The molecule has 2 atom stereocenters. The number of hydrogen-bond acceptors (Lipinski definition) is 5. The molecular formula is C22H24F6N2O2S. The smallest absolute Gasteiger partial charge is 0.416 e. The summed E-state index contributed by atoms with van der Waals surface area (Å²) in [4.78, 5) is 0. The lowest BCUT2D eigenvalue weighted by atomic mass is 9.92. The summed E-state index contributed by atoms with van der Waals surface area (Å²) < 4.78 is 89.9. The minimum Gasteiger partial charge on any atom is -0.493 e. The van der Waals surface area contributed by atoms with E-state index in [4.69, 9.17) is 9.47 Å². The fraction of sp³-hybridized carbons (Fsp3) is 0.455. The number of methoxy groups -OCH3 is 2. The van der Waals surface area contributed by atoms with Crippen LogP contribution in [0, 0.1) is 0 Å². The number of halogens is 6. The fourth-order valence-corrected chi connectivity index (χ4v) is 4.49. The van der Waals surface area contributed by atoms with Crippen molar-refractivity contribution in [3.05, 3.63) is 52.6 Å². The zero-order valence-corrected chi connectivity index (χ0v) is 19.0. The lowest BCUT2D eigenvalue weighted by Gasteiger charge is -2.34. The van der Waals surface area contributed by atoms with E-state index in [1.165, 1.54) is 14.2 Å². The molecule has 182 valence electrons. The summed E-state index contributed by atoms with van der Waals surface area (Å²) in [5.74, 6) is 1.76. The third-order valence-corrected chi connectivity index (χ3v) is 6.11. The van der Waals surface area contributed by atoms with Crippen molar-refractivity contribution < 1.29 is 35.8 Å². The summed E-state index contributed by atoms with van der Waals surface area (Å²) in [5.41, 5.74) is -1.18. The Hall–Kier alpha value is -2.27. The SMILES string of the molecule is COc1cc2c(cc1OC)[C@@H](NCc1cc(C(F)(F)F)cc(C(F)(F)F)c1)C[C@@H](CSC)N2. The van der Waals surface area contributed by atoms with E-state index >= 15 is 0 Å². The van der Waals surface area contributed by atoms with Gasteiger partial charge in [0.25, 0.3) is 0 Å². The lowest BCUT2D eigenvalue weighted by molar-refractivity contribution is -0.143. The van der Waals surface area contributed by atoms with Crippen molar-refractivity contribution >= 4 is 17.4 Å². The molecule has 0 aromatic heterocycles. The first kappa shape index (κ1) is 25.4. The van der Waals surface area contributed by atoms with Crippen LogP contribution in [0.15, 0.2) is 30.3 Å². The fourth-order valence-electron chi connectivity index (χ4n) is 3.86. The molecule has 0 radical (unpaired) electrons. The number of rotatable bonds is 7. The first-order valence-electron chi connectivity index (χ1n) is 9.99. The Morgan fingerprint density at radius 3 is 2.03 bits per heavy atom. The van der Waals surface area contributed by atoms with Gasteiger partial charge in [-0.25, -0.2) is 0 Å². The second-order valence-electron chi connectivity index (χ2n) is 7.67. The number of ether oxygens (including phenoxy) is 2. The highest BCUT2D eigenvalue weighted by Crippen LogP contribution is 2.41. The van der Waals surface area contributed by atoms with Gasteiger partial charge in [0.15, 0.2) is 11.5 Å². The van der Waals surface area contributed by atoms with E-state index in [9.17, 15) is 26.3 Å².